The minimum Gasteiger partial charge on any atom is -0.508 e. The number of rotatable bonds is 7. The standard InChI is InChI=1S/C32H38N6O3/c1-2-30(40)35-11-13-36(14-12-35)31-27-9-10-38(29-19-25(39)18-23-5-3-4-6-26(23)29)21-28(27)33-32(34-31)41-16-15-37-20-22-7-8-24(37)17-22/h2-6,18-19,22,24,39H,1,7-17,20-21H2/t22-,24+/m1/s1. The molecule has 3 fully saturated rings. The van der Waals surface area contributed by atoms with Crippen molar-refractivity contribution in [1.82, 2.24) is 19.8 Å². The van der Waals surface area contributed by atoms with E-state index >= 15 is 0 Å². The van der Waals surface area contributed by atoms with E-state index in [1.165, 1.54) is 31.9 Å². The predicted molar refractivity (Wildman–Crippen MR) is 160 cm³/mol. The van der Waals surface area contributed by atoms with Crippen LogP contribution < -0.4 is 14.5 Å². The summed E-state index contributed by atoms with van der Waals surface area (Å²) in [5.41, 5.74) is 3.13. The van der Waals surface area contributed by atoms with Crippen LogP contribution in [0, 0.1) is 5.92 Å². The van der Waals surface area contributed by atoms with Crippen molar-refractivity contribution in [3.63, 3.8) is 0 Å². The Morgan fingerprint density at radius 2 is 1.93 bits per heavy atom. The summed E-state index contributed by atoms with van der Waals surface area (Å²) in [6.45, 7) is 10.4. The molecule has 1 aromatic heterocycles. The second-order valence-corrected chi connectivity index (χ2v) is 11.8. The van der Waals surface area contributed by atoms with Crippen LogP contribution in [0.25, 0.3) is 10.8 Å². The number of anilines is 2. The van der Waals surface area contributed by atoms with Crippen molar-refractivity contribution in [2.75, 3.05) is 62.2 Å². The first-order valence-corrected chi connectivity index (χ1v) is 15.0. The number of carbonyl (C=O) groups is 1. The molecule has 7 rings (SSSR count). The Kier molecular flexibility index (Phi) is 6.90. The second-order valence-electron chi connectivity index (χ2n) is 11.8. The third-order valence-corrected chi connectivity index (χ3v) is 9.39. The number of aromatic nitrogens is 2. The lowest BCUT2D eigenvalue weighted by molar-refractivity contribution is -0.126. The largest absolute Gasteiger partial charge is 0.508 e. The number of piperazine rings is 1. The molecule has 3 aliphatic heterocycles. The summed E-state index contributed by atoms with van der Waals surface area (Å²) in [7, 11) is 0. The van der Waals surface area contributed by atoms with Crippen molar-refractivity contribution in [2.24, 2.45) is 5.92 Å². The van der Waals surface area contributed by atoms with Crippen LogP contribution in [0.4, 0.5) is 11.5 Å². The molecule has 41 heavy (non-hydrogen) atoms. The predicted octanol–water partition coefficient (Wildman–Crippen LogP) is 3.60. The molecular formula is C32H38N6O3. The minimum atomic E-state index is -0.0250. The molecule has 1 aliphatic carbocycles. The molecule has 0 unspecified atom stereocenters. The number of benzene rings is 2. The van der Waals surface area contributed by atoms with Crippen molar-refractivity contribution < 1.29 is 14.6 Å². The maximum Gasteiger partial charge on any atom is 0.318 e. The van der Waals surface area contributed by atoms with Crippen molar-refractivity contribution in [2.45, 2.75) is 38.3 Å². The summed E-state index contributed by atoms with van der Waals surface area (Å²) in [6, 6.07) is 13.0. The van der Waals surface area contributed by atoms with Gasteiger partial charge >= 0.3 is 6.01 Å². The zero-order chi connectivity index (χ0) is 27.9. The quantitative estimate of drug-likeness (QED) is 0.444. The van der Waals surface area contributed by atoms with Gasteiger partial charge in [-0.25, -0.2) is 0 Å². The molecule has 1 N–H and O–H groups in total. The fourth-order valence-corrected chi connectivity index (χ4v) is 7.28. The molecule has 2 aromatic carbocycles. The number of carbonyl (C=O) groups excluding carboxylic acids is 1. The van der Waals surface area contributed by atoms with Crippen LogP contribution >= 0.6 is 0 Å². The van der Waals surface area contributed by atoms with Crippen LogP contribution in [0.3, 0.4) is 0 Å². The molecule has 1 saturated carbocycles. The van der Waals surface area contributed by atoms with Gasteiger partial charge in [0.15, 0.2) is 0 Å². The monoisotopic (exact) mass is 554 g/mol. The third-order valence-electron chi connectivity index (χ3n) is 9.39. The maximum absolute atomic E-state index is 12.2. The Bertz CT molecular complexity index is 1470. The van der Waals surface area contributed by atoms with E-state index in [0.717, 1.165) is 59.0 Å². The molecule has 2 bridgehead atoms. The fourth-order valence-electron chi connectivity index (χ4n) is 7.28. The van der Waals surface area contributed by atoms with Gasteiger partial charge in [0.2, 0.25) is 5.91 Å². The smallest absolute Gasteiger partial charge is 0.318 e. The molecule has 0 spiro atoms. The number of nitrogens with zero attached hydrogens (tertiary/aromatic N) is 6. The molecule has 214 valence electrons. The van der Waals surface area contributed by atoms with E-state index in [9.17, 15) is 9.90 Å². The van der Waals surface area contributed by atoms with Gasteiger partial charge in [-0.3, -0.25) is 9.69 Å². The van der Waals surface area contributed by atoms with Crippen LogP contribution in [0.2, 0.25) is 0 Å². The highest BCUT2D eigenvalue weighted by atomic mass is 16.5. The van der Waals surface area contributed by atoms with Crippen LogP contribution in [-0.4, -0.2) is 89.2 Å². The highest BCUT2D eigenvalue weighted by molar-refractivity contribution is 5.95. The van der Waals surface area contributed by atoms with Crippen molar-refractivity contribution in [3.8, 4) is 11.8 Å². The van der Waals surface area contributed by atoms with Gasteiger partial charge in [-0.05, 0) is 49.1 Å². The van der Waals surface area contributed by atoms with Crippen molar-refractivity contribution in [3.05, 3.63) is 60.3 Å². The van der Waals surface area contributed by atoms with E-state index in [0.29, 0.717) is 51.4 Å². The number of piperidine rings is 1. The molecule has 4 heterocycles. The highest BCUT2D eigenvalue weighted by Gasteiger charge is 2.37. The summed E-state index contributed by atoms with van der Waals surface area (Å²) in [6.07, 6.45) is 6.19. The number of phenols is 1. The number of ether oxygens (including phenoxy) is 1. The summed E-state index contributed by atoms with van der Waals surface area (Å²) < 4.78 is 6.25. The Morgan fingerprint density at radius 3 is 2.71 bits per heavy atom. The summed E-state index contributed by atoms with van der Waals surface area (Å²) >= 11 is 0. The number of hydrogen-bond donors (Lipinski definition) is 1. The van der Waals surface area contributed by atoms with E-state index in [2.05, 4.69) is 27.3 Å². The van der Waals surface area contributed by atoms with Gasteiger partial charge in [0, 0.05) is 74.6 Å². The highest BCUT2D eigenvalue weighted by Crippen LogP contribution is 2.38. The molecule has 2 saturated heterocycles. The number of hydrogen-bond acceptors (Lipinski definition) is 8. The van der Waals surface area contributed by atoms with E-state index in [1.54, 1.807) is 0 Å². The first-order chi connectivity index (χ1) is 20.1. The number of fused-ring (bicyclic) bond motifs is 4. The van der Waals surface area contributed by atoms with Gasteiger partial charge in [0.25, 0.3) is 0 Å². The Balaban J connectivity index is 1.15. The van der Waals surface area contributed by atoms with Gasteiger partial charge in [0.1, 0.15) is 18.2 Å². The molecule has 2 atom stereocenters. The fraction of sp³-hybridized carbons (Fsp3) is 0.469. The van der Waals surface area contributed by atoms with E-state index < -0.39 is 0 Å². The second kappa shape index (κ2) is 10.9. The number of likely N-dealkylation sites (tertiary alicyclic amines) is 1. The van der Waals surface area contributed by atoms with Gasteiger partial charge in [-0.15, -0.1) is 0 Å². The van der Waals surface area contributed by atoms with Gasteiger partial charge in [0.05, 0.1) is 12.2 Å². The van der Waals surface area contributed by atoms with E-state index in [4.69, 9.17) is 14.7 Å². The number of phenolic OH excluding ortho intramolecular Hbond substituents is 1. The van der Waals surface area contributed by atoms with Crippen LogP contribution in [0.15, 0.2) is 49.1 Å². The lowest BCUT2D eigenvalue weighted by atomic mass is 10.0. The Labute approximate surface area is 241 Å². The summed E-state index contributed by atoms with van der Waals surface area (Å²) in [5, 5.41) is 12.6. The lowest BCUT2D eigenvalue weighted by Gasteiger charge is -2.38. The lowest BCUT2D eigenvalue weighted by Crippen LogP contribution is -2.49. The molecular weight excluding hydrogens is 516 g/mol. The topological polar surface area (TPSA) is 85.3 Å². The van der Waals surface area contributed by atoms with Crippen LogP contribution in [-0.2, 0) is 17.8 Å². The van der Waals surface area contributed by atoms with Gasteiger partial charge < -0.3 is 24.5 Å². The van der Waals surface area contributed by atoms with Gasteiger partial charge in [-0.1, -0.05) is 30.8 Å². The zero-order valence-electron chi connectivity index (χ0n) is 23.5. The molecule has 1 amide bonds. The first-order valence-electron chi connectivity index (χ1n) is 15.0. The third kappa shape index (κ3) is 5.07. The van der Waals surface area contributed by atoms with E-state index in [1.807, 2.05) is 35.2 Å². The van der Waals surface area contributed by atoms with Gasteiger partial charge in [-0.2, -0.15) is 9.97 Å². The van der Waals surface area contributed by atoms with Crippen LogP contribution in [0.5, 0.6) is 11.8 Å². The van der Waals surface area contributed by atoms with E-state index in [-0.39, 0.29) is 11.7 Å². The maximum atomic E-state index is 12.2. The average molecular weight is 555 g/mol. The van der Waals surface area contributed by atoms with Crippen molar-refractivity contribution in [1.29, 1.82) is 0 Å². The van der Waals surface area contributed by atoms with Crippen molar-refractivity contribution >= 4 is 28.2 Å². The zero-order valence-corrected chi connectivity index (χ0v) is 23.5. The van der Waals surface area contributed by atoms with Crippen LogP contribution in [0.1, 0.15) is 30.5 Å². The number of aromatic hydroxyl groups is 1. The average Bonchev–Trinajstić information content (AvgIpc) is 3.63. The number of amides is 1. The summed E-state index contributed by atoms with van der Waals surface area (Å²) in [4.78, 5) is 31.1. The Morgan fingerprint density at radius 1 is 1.07 bits per heavy atom. The Hall–Kier alpha value is -3.85. The SMILES string of the molecule is C=CC(=O)N1CCN(c2nc(OCCN3C[C@@H]4CC[C@H]3C4)nc3c2CCN(c2cc(O)cc4ccccc24)C3)CC1. The first kappa shape index (κ1) is 26.1. The molecule has 9 nitrogen and oxygen atoms in total. The normalized spacial score (nSPS) is 22.3. The molecule has 3 aromatic rings. The molecule has 9 heteroatoms. The molecule has 0 radical (unpaired) electrons. The summed E-state index contributed by atoms with van der Waals surface area (Å²) in [5.74, 6) is 2.02. The minimum absolute atomic E-state index is 0.0250. The molecule has 4 aliphatic rings.